The third kappa shape index (κ3) is 3.32. The van der Waals surface area contributed by atoms with Crippen LogP contribution in [0.5, 0.6) is 0 Å². The first-order valence-electron chi connectivity index (χ1n) is 5.91. The van der Waals surface area contributed by atoms with E-state index in [0.29, 0.717) is 10.0 Å². The molecule has 0 amide bonds. The van der Waals surface area contributed by atoms with Crippen LogP contribution < -0.4 is 10.9 Å². The Morgan fingerprint density at radius 2 is 2.25 bits per heavy atom. The highest BCUT2D eigenvalue weighted by Gasteiger charge is 2.13. The van der Waals surface area contributed by atoms with Gasteiger partial charge in [-0.05, 0) is 19.1 Å². The number of hydrogen-bond acceptors (Lipinski definition) is 5. The van der Waals surface area contributed by atoms with E-state index in [-0.39, 0.29) is 24.2 Å². The summed E-state index contributed by atoms with van der Waals surface area (Å²) in [6.07, 6.45) is 1.48. The molecule has 0 bridgehead atoms. The maximum Gasteiger partial charge on any atom is 0.287 e. The molecule has 1 atom stereocenters. The third-order valence-corrected chi connectivity index (χ3v) is 4.47. The highest BCUT2D eigenvalue weighted by Crippen LogP contribution is 2.29. The average molecular weight is 334 g/mol. The predicted molar refractivity (Wildman–Crippen MR) is 82.0 cm³/mol. The Hall–Kier alpha value is -1.08. The van der Waals surface area contributed by atoms with Crippen LogP contribution in [0.15, 0.2) is 23.1 Å². The van der Waals surface area contributed by atoms with E-state index < -0.39 is 5.56 Å². The first-order chi connectivity index (χ1) is 9.52. The van der Waals surface area contributed by atoms with Gasteiger partial charge in [-0.2, -0.15) is 5.10 Å². The van der Waals surface area contributed by atoms with Crippen molar-refractivity contribution in [3.63, 3.8) is 0 Å². The van der Waals surface area contributed by atoms with Gasteiger partial charge >= 0.3 is 0 Å². The third-order valence-electron chi connectivity index (χ3n) is 2.69. The second-order valence-electron chi connectivity index (χ2n) is 4.13. The van der Waals surface area contributed by atoms with Gasteiger partial charge in [0.15, 0.2) is 0 Å². The van der Waals surface area contributed by atoms with Crippen molar-refractivity contribution in [3.05, 3.63) is 42.9 Å². The Morgan fingerprint density at radius 3 is 2.85 bits per heavy atom. The van der Waals surface area contributed by atoms with Crippen molar-refractivity contribution in [1.82, 2.24) is 9.78 Å². The monoisotopic (exact) mass is 333 g/mol. The zero-order valence-electron chi connectivity index (χ0n) is 10.6. The van der Waals surface area contributed by atoms with E-state index in [0.717, 1.165) is 9.56 Å². The second kappa shape index (κ2) is 6.58. The van der Waals surface area contributed by atoms with Crippen LogP contribution in [0, 0.1) is 0 Å². The summed E-state index contributed by atoms with van der Waals surface area (Å²) in [5.74, 6) is 0. The van der Waals surface area contributed by atoms with Gasteiger partial charge in [0.25, 0.3) is 5.56 Å². The van der Waals surface area contributed by atoms with Crippen molar-refractivity contribution in [2.75, 3.05) is 11.9 Å². The van der Waals surface area contributed by atoms with Gasteiger partial charge in [-0.25, -0.2) is 4.68 Å². The highest BCUT2D eigenvalue weighted by molar-refractivity contribution is 7.16. The smallest absolute Gasteiger partial charge is 0.287 e. The summed E-state index contributed by atoms with van der Waals surface area (Å²) in [7, 11) is 0. The molecule has 2 aromatic rings. The van der Waals surface area contributed by atoms with Gasteiger partial charge in [-0.15, -0.1) is 11.3 Å². The molecule has 0 saturated carbocycles. The summed E-state index contributed by atoms with van der Waals surface area (Å²) < 4.78 is 1.83. The van der Waals surface area contributed by atoms with Gasteiger partial charge in [0.2, 0.25) is 0 Å². The molecule has 0 aliphatic carbocycles. The number of halogens is 2. The van der Waals surface area contributed by atoms with E-state index in [9.17, 15) is 4.79 Å². The molecule has 0 radical (unpaired) electrons. The molecule has 0 fully saturated rings. The molecule has 2 heterocycles. The molecule has 5 nitrogen and oxygen atoms in total. The lowest BCUT2D eigenvalue weighted by Crippen LogP contribution is -2.25. The molecule has 20 heavy (non-hydrogen) atoms. The Kier molecular flexibility index (Phi) is 5.04. The Labute approximate surface area is 129 Å². The van der Waals surface area contributed by atoms with Crippen LogP contribution in [0.25, 0.3) is 0 Å². The zero-order valence-corrected chi connectivity index (χ0v) is 13.0. The van der Waals surface area contributed by atoms with E-state index in [1.54, 1.807) is 0 Å². The highest BCUT2D eigenvalue weighted by atomic mass is 35.5. The average Bonchev–Trinajstić information content (AvgIpc) is 2.85. The Morgan fingerprint density at radius 1 is 1.50 bits per heavy atom. The van der Waals surface area contributed by atoms with Gasteiger partial charge in [-0.3, -0.25) is 4.79 Å². The SMILES string of the molecule is CC(Nc1cnn(CCO)c(=O)c1Cl)c1ccc(Cl)s1. The molecule has 2 aromatic heterocycles. The lowest BCUT2D eigenvalue weighted by Gasteiger charge is -2.15. The van der Waals surface area contributed by atoms with Crippen molar-refractivity contribution in [3.8, 4) is 0 Å². The van der Waals surface area contributed by atoms with E-state index in [4.69, 9.17) is 28.3 Å². The summed E-state index contributed by atoms with van der Waals surface area (Å²) in [4.78, 5) is 12.9. The molecule has 2 N–H and O–H groups in total. The van der Waals surface area contributed by atoms with Crippen LogP contribution in [-0.4, -0.2) is 21.5 Å². The summed E-state index contributed by atoms with van der Waals surface area (Å²) in [5.41, 5.74) is 0.0324. The summed E-state index contributed by atoms with van der Waals surface area (Å²) in [6.45, 7) is 1.90. The molecule has 0 aromatic carbocycles. The van der Waals surface area contributed by atoms with E-state index in [2.05, 4.69) is 10.4 Å². The topological polar surface area (TPSA) is 67.2 Å². The van der Waals surface area contributed by atoms with E-state index in [1.165, 1.54) is 17.5 Å². The number of nitrogens with one attached hydrogen (secondary N) is 1. The van der Waals surface area contributed by atoms with Crippen molar-refractivity contribution < 1.29 is 5.11 Å². The van der Waals surface area contributed by atoms with Gasteiger partial charge in [0, 0.05) is 4.88 Å². The van der Waals surface area contributed by atoms with Gasteiger partial charge in [0.05, 0.1) is 35.4 Å². The number of rotatable bonds is 5. The van der Waals surface area contributed by atoms with Crippen LogP contribution in [0.4, 0.5) is 5.69 Å². The maximum atomic E-state index is 11.9. The fourth-order valence-electron chi connectivity index (χ4n) is 1.69. The van der Waals surface area contributed by atoms with Crippen molar-refractivity contribution in [2.24, 2.45) is 0 Å². The quantitative estimate of drug-likeness (QED) is 0.882. The number of anilines is 1. The van der Waals surface area contributed by atoms with E-state index in [1.807, 2.05) is 19.1 Å². The van der Waals surface area contributed by atoms with Crippen LogP contribution in [0.1, 0.15) is 17.8 Å². The van der Waals surface area contributed by atoms with Crippen LogP contribution in [0.2, 0.25) is 9.36 Å². The molecule has 8 heteroatoms. The molecular weight excluding hydrogens is 321 g/mol. The Bertz CT molecular complexity index is 656. The standard InChI is InChI=1S/C12H13Cl2N3O2S/c1-7(9-2-3-10(13)20-9)16-8-6-15-17(4-5-18)12(19)11(8)14/h2-3,6-7,16,18H,4-5H2,1H3. The fraction of sp³-hybridized carbons (Fsp3) is 0.333. The minimum absolute atomic E-state index is 0.0418. The molecule has 0 aliphatic rings. The van der Waals surface area contributed by atoms with Gasteiger partial charge < -0.3 is 10.4 Å². The Balaban J connectivity index is 2.22. The lowest BCUT2D eigenvalue weighted by molar-refractivity contribution is 0.266. The summed E-state index contributed by atoms with van der Waals surface area (Å²) >= 11 is 13.4. The lowest BCUT2D eigenvalue weighted by atomic mass is 10.2. The first kappa shape index (κ1) is 15.3. The summed E-state index contributed by atoms with van der Waals surface area (Å²) in [5, 5.41) is 16.0. The van der Waals surface area contributed by atoms with Crippen LogP contribution in [-0.2, 0) is 6.54 Å². The van der Waals surface area contributed by atoms with Crippen molar-refractivity contribution in [2.45, 2.75) is 19.5 Å². The van der Waals surface area contributed by atoms with Crippen LogP contribution >= 0.6 is 34.5 Å². The first-order valence-corrected chi connectivity index (χ1v) is 7.48. The minimum Gasteiger partial charge on any atom is -0.394 e. The zero-order chi connectivity index (χ0) is 14.7. The molecule has 0 saturated heterocycles. The van der Waals surface area contributed by atoms with Gasteiger partial charge in [-0.1, -0.05) is 23.2 Å². The number of aliphatic hydroxyl groups excluding tert-OH is 1. The second-order valence-corrected chi connectivity index (χ2v) is 6.26. The van der Waals surface area contributed by atoms with Gasteiger partial charge in [0.1, 0.15) is 5.02 Å². The number of aromatic nitrogens is 2. The summed E-state index contributed by atoms with van der Waals surface area (Å²) in [6, 6.07) is 3.69. The fourth-order valence-corrected chi connectivity index (χ4v) is 2.95. The molecule has 0 aliphatic heterocycles. The maximum absolute atomic E-state index is 11.9. The van der Waals surface area contributed by atoms with Crippen molar-refractivity contribution >= 4 is 40.2 Å². The number of nitrogens with zero attached hydrogens (tertiary/aromatic N) is 2. The molecule has 108 valence electrons. The van der Waals surface area contributed by atoms with Crippen LogP contribution in [0.3, 0.4) is 0 Å². The normalized spacial score (nSPS) is 12.4. The minimum atomic E-state index is -0.429. The number of hydrogen-bond donors (Lipinski definition) is 2. The number of aliphatic hydroxyl groups is 1. The molecule has 0 spiro atoms. The molecule has 1 unspecified atom stereocenters. The van der Waals surface area contributed by atoms with Crippen molar-refractivity contribution in [1.29, 1.82) is 0 Å². The predicted octanol–water partition coefficient (Wildman–Crippen LogP) is 2.78. The molecular formula is C12H13Cl2N3O2S. The van der Waals surface area contributed by atoms with E-state index >= 15 is 0 Å². The molecule has 2 rings (SSSR count). The number of thiophene rings is 1. The largest absolute Gasteiger partial charge is 0.394 e.